The number of allylic oxidation sites excluding steroid dienone is 3. The van der Waals surface area contributed by atoms with Crippen molar-refractivity contribution in [2.45, 2.75) is 4.90 Å². The molecular formula is C14H18NS+. The summed E-state index contributed by atoms with van der Waals surface area (Å²) in [5.41, 5.74) is 1.23. The van der Waals surface area contributed by atoms with E-state index in [1.807, 2.05) is 43.1 Å². The topological polar surface area (TPSA) is 3.01 Å². The fourth-order valence-electron chi connectivity index (χ4n) is 1.17. The number of nitrogens with zero attached hydrogens (tertiary/aromatic N) is 1. The van der Waals surface area contributed by atoms with Crippen LogP contribution in [0.1, 0.15) is 5.56 Å². The molecule has 1 aromatic rings. The summed E-state index contributed by atoms with van der Waals surface area (Å²) in [6, 6.07) is 8.54. The summed E-state index contributed by atoms with van der Waals surface area (Å²) in [6.07, 6.45) is 12.3. The third-order valence-corrected chi connectivity index (χ3v) is 2.75. The molecule has 0 unspecified atom stereocenters. The lowest BCUT2D eigenvalue weighted by Crippen LogP contribution is -1.94. The van der Waals surface area contributed by atoms with Crippen LogP contribution < -0.4 is 0 Å². The van der Waals surface area contributed by atoms with Gasteiger partial charge >= 0.3 is 0 Å². The lowest BCUT2D eigenvalue weighted by Gasteiger charge is -1.95. The van der Waals surface area contributed by atoms with E-state index < -0.39 is 0 Å². The van der Waals surface area contributed by atoms with Crippen LogP contribution in [0.2, 0.25) is 0 Å². The molecule has 0 bridgehead atoms. The zero-order valence-electron chi connectivity index (χ0n) is 10.1. The Kier molecular flexibility index (Phi) is 5.65. The van der Waals surface area contributed by atoms with Gasteiger partial charge in [-0.1, -0.05) is 30.4 Å². The predicted molar refractivity (Wildman–Crippen MR) is 74.6 cm³/mol. The molecule has 0 spiro atoms. The first kappa shape index (κ1) is 12.8. The number of rotatable bonds is 4. The Labute approximate surface area is 102 Å². The highest BCUT2D eigenvalue weighted by molar-refractivity contribution is 7.98. The first-order chi connectivity index (χ1) is 7.72. The quantitative estimate of drug-likeness (QED) is 0.333. The molecule has 0 fully saturated rings. The molecule has 0 heterocycles. The number of benzene rings is 1. The molecule has 84 valence electrons. The molecule has 1 aromatic carbocycles. The van der Waals surface area contributed by atoms with Crippen LogP contribution in [0, 0.1) is 0 Å². The first-order valence-electron chi connectivity index (χ1n) is 5.21. The molecule has 0 aliphatic carbocycles. The van der Waals surface area contributed by atoms with Crippen LogP contribution in [0.5, 0.6) is 0 Å². The van der Waals surface area contributed by atoms with Crippen molar-refractivity contribution in [2.75, 3.05) is 20.4 Å². The third kappa shape index (κ3) is 4.99. The Bertz CT molecular complexity index is 395. The molecule has 16 heavy (non-hydrogen) atoms. The average Bonchev–Trinajstić information content (AvgIpc) is 2.29. The molecule has 0 aromatic heterocycles. The summed E-state index contributed by atoms with van der Waals surface area (Å²) >= 11 is 1.76. The van der Waals surface area contributed by atoms with Crippen LogP contribution >= 0.6 is 11.8 Å². The van der Waals surface area contributed by atoms with Gasteiger partial charge in [0.2, 0.25) is 0 Å². The molecule has 0 saturated heterocycles. The van der Waals surface area contributed by atoms with Gasteiger partial charge in [0.15, 0.2) is 6.21 Å². The highest BCUT2D eigenvalue weighted by Crippen LogP contribution is 2.15. The summed E-state index contributed by atoms with van der Waals surface area (Å²) in [4.78, 5) is 1.30. The van der Waals surface area contributed by atoms with Crippen LogP contribution in [0.15, 0.2) is 47.4 Å². The van der Waals surface area contributed by atoms with Crippen LogP contribution in [0.25, 0.3) is 6.08 Å². The summed E-state index contributed by atoms with van der Waals surface area (Å²) in [5.74, 6) is 0. The largest absolute Gasteiger partial charge is 0.241 e. The summed E-state index contributed by atoms with van der Waals surface area (Å²) < 4.78 is 2.01. The molecule has 0 radical (unpaired) electrons. The van der Waals surface area contributed by atoms with Crippen molar-refractivity contribution in [1.82, 2.24) is 0 Å². The Hall–Kier alpha value is -1.28. The van der Waals surface area contributed by atoms with Gasteiger partial charge in [-0.25, -0.2) is 4.58 Å². The zero-order valence-corrected chi connectivity index (χ0v) is 10.9. The molecule has 0 atom stereocenters. The van der Waals surface area contributed by atoms with Gasteiger partial charge in [0.05, 0.1) is 0 Å². The second-order valence-corrected chi connectivity index (χ2v) is 4.51. The maximum Gasteiger partial charge on any atom is 0.162 e. The second kappa shape index (κ2) is 7.07. The smallest absolute Gasteiger partial charge is 0.162 e. The van der Waals surface area contributed by atoms with E-state index in [1.54, 1.807) is 11.8 Å². The Morgan fingerprint density at radius 2 is 1.69 bits per heavy atom. The van der Waals surface area contributed by atoms with Gasteiger partial charge in [0, 0.05) is 11.0 Å². The predicted octanol–water partition coefficient (Wildman–Crippen LogP) is 3.32. The monoisotopic (exact) mass is 232 g/mol. The van der Waals surface area contributed by atoms with Gasteiger partial charge < -0.3 is 0 Å². The highest BCUT2D eigenvalue weighted by atomic mass is 32.2. The molecule has 0 aliphatic rings. The molecule has 0 N–H and O–H groups in total. The van der Waals surface area contributed by atoms with E-state index in [2.05, 4.69) is 36.6 Å². The lowest BCUT2D eigenvalue weighted by molar-refractivity contribution is -0.458. The minimum absolute atomic E-state index is 1.23. The van der Waals surface area contributed by atoms with Crippen LogP contribution in [-0.4, -0.2) is 31.1 Å². The van der Waals surface area contributed by atoms with E-state index in [0.29, 0.717) is 0 Å². The van der Waals surface area contributed by atoms with E-state index in [9.17, 15) is 0 Å². The minimum atomic E-state index is 1.23. The Morgan fingerprint density at radius 1 is 1.00 bits per heavy atom. The fourth-order valence-corrected chi connectivity index (χ4v) is 1.58. The maximum atomic E-state index is 2.14. The fraction of sp³-hybridized carbons (Fsp3) is 0.214. The molecule has 0 aliphatic heterocycles. The second-order valence-electron chi connectivity index (χ2n) is 3.63. The zero-order chi connectivity index (χ0) is 11.8. The Balaban J connectivity index is 2.56. The van der Waals surface area contributed by atoms with E-state index in [-0.39, 0.29) is 0 Å². The van der Waals surface area contributed by atoms with Crippen molar-refractivity contribution in [1.29, 1.82) is 0 Å². The van der Waals surface area contributed by atoms with E-state index in [0.717, 1.165) is 0 Å². The van der Waals surface area contributed by atoms with Crippen molar-refractivity contribution in [3.8, 4) is 0 Å². The Morgan fingerprint density at radius 3 is 2.25 bits per heavy atom. The van der Waals surface area contributed by atoms with Crippen molar-refractivity contribution >= 4 is 24.1 Å². The average molecular weight is 232 g/mol. The summed E-state index contributed by atoms with van der Waals surface area (Å²) in [7, 11) is 4.02. The van der Waals surface area contributed by atoms with Gasteiger partial charge in [-0.15, -0.1) is 11.8 Å². The van der Waals surface area contributed by atoms with Crippen LogP contribution in [0.3, 0.4) is 0 Å². The van der Waals surface area contributed by atoms with Gasteiger partial charge in [0.1, 0.15) is 14.1 Å². The molecule has 0 saturated carbocycles. The highest BCUT2D eigenvalue weighted by Gasteiger charge is 1.88. The number of thioether (sulfide) groups is 1. The first-order valence-corrected chi connectivity index (χ1v) is 6.43. The van der Waals surface area contributed by atoms with Crippen molar-refractivity contribution in [3.63, 3.8) is 0 Å². The number of hydrogen-bond donors (Lipinski definition) is 0. The van der Waals surface area contributed by atoms with Gasteiger partial charge in [-0.3, -0.25) is 0 Å². The molecule has 1 nitrogen and oxygen atoms in total. The van der Waals surface area contributed by atoms with Gasteiger partial charge in [-0.2, -0.15) is 0 Å². The standard InChI is InChI=1S/C14H18NS/c1-15(2)12-6-4-5-7-13-8-10-14(16-3)11-9-13/h4-12H,1-3H3/q+1/b6-4+,7-5+. The molecule has 1 rings (SSSR count). The van der Waals surface area contributed by atoms with E-state index >= 15 is 0 Å². The molecule has 2 heteroatoms. The number of hydrogen-bond acceptors (Lipinski definition) is 1. The van der Waals surface area contributed by atoms with Crippen molar-refractivity contribution < 1.29 is 4.58 Å². The molecule has 0 amide bonds. The normalized spacial score (nSPS) is 11.2. The van der Waals surface area contributed by atoms with Crippen LogP contribution in [0.4, 0.5) is 0 Å². The van der Waals surface area contributed by atoms with E-state index in [4.69, 9.17) is 0 Å². The van der Waals surface area contributed by atoms with Gasteiger partial charge in [0.25, 0.3) is 0 Å². The lowest BCUT2D eigenvalue weighted by atomic mass is 10.2. The minimum Gasteiger partial charge on any atom is -0.241 e. The maximum absolute atomic E-state index is 2.14. The third-order valence-electron chi connectivity index (χ3n) is 2.01. The summed E-state index contributed by atoms with van der Waals surface area (Å²) in [5, 5.41) is 0. The van der Waals surface area contributed by atoms with Crippen molar-refractivity contribution in [3.05, 3.63) is 48.1 Å². The summed E-state index contributed by atoms with van der Waals surface area (Å²) in [6.45, 7) is 0. The van der Waals surface area contributed by atoms with E-state index in [1.165, 1.54) is 10.5 Å². The van der Waals surface area contributed by atoms with Gasteiger partial charge in [-0.05, 0) is 24.0 Å². The SMILES string of the molecule is CSc1ccc(/C=C/C=C/C=[N+](C)C)cc1. The van der Waals surface area contributed by atoms with Crippen molar-refractivity contribution in [2.24, 2.45) is 0 Å². The van der Waals surface area contributed by atoms with Crippen LogP contribution in [-0.2, 0) is 0 Å². The molecular weight excluding hydrogens is 214 g/mol.